The molecule has 0 amide bonds. The van der Waals surface area contributed by atoms with Crippen molar-refractivity contribution in [2.45, 2.75) is 24.0 Å². The summed E-state index contributed by atoms with van der Waals surface area (Å²) in [5.74, 6) is 0. The maximum atomic E-state index is 12.2. The largest absolute Gasteiger partial charge is 0.385 e. The van der Waals surface area contributed by atoms with Crippen LogP contribution in [0.25, 0.3) is 0 Å². The minimum absolute atomic E-state index is 0.242. The number of rotatable bonds is 3. The maximum Gasteiger partial charge on any atom is 0.273 e. The van der Waals surface area contributed by atoms with Crippen LogP contribution in [-0.4, -0.2) is 19.9 Å². The third-order valence-electron chi connectivity index (χ3n) is 3.16. The number of aryl methyl sites for hydroxylation is 2. The zero-order valence-corrected chi connectivity index (χ0v) is 12.6. The van der Waals surface area contributed by atoms with Crippen LogP contribution in [-0.2, 0) is 16.4 Å². The number of nitrogens with one attached hydrogen (secondary N) is 2. The number of fused-ring (bicyclic) bond motifs is 1. The molecule has 0 fully saturated rings. The van der Waals surface area contributed by atoms with Crippen LogP contribution in [0, 0.1) is 6.92 Å². The van der Waals surface area contributed by atoms with Gasteiger partial charge in [0.25, 0.3) is 10.0 Å². The molecule has 0 spiro atoms. The van der Waals surface area contributed by atoms with E-state index >= 15 is 0 Å². The summed E-state index contributed by atoms with van der Waals surface area (Å²) in [4.78, 5) is 3.98. The fourth-order valence-electron chi connectivity index (χ4n) is 2.21. The molecule has 1 aromatic carbocycles. The van der Waals surface area contributed by atoms with Crippen molar-refractivity contribution in [3.63, 3.8) is 0 Å². The summed E-state index contributed by atoms with van der Waals surface area (Å²) in [6, 6.07) is 5.60. The molecule has 7 heteroatoms. The van der Waals surface area contributed by atoms with Crippen molar-refractivity contribution < 1.29 is 8.42 Å². The molecule has 20 heavy (non-hydrogen) atoms. The standard InChI is InChI=1S/C13H15N3O2S2/c1-9-15-8-13(19-9)20(17,18)16-11-4-5-12-10(7-11)3-2-6-14-12/h4-5,7-8,14,16H,2-3,6H2,1H3. The van der Waals surface area contributed by atoms with Crippen LogP contribution in [0.15, 0.2) is 28.6 Å². The average molecular weight is 309 g/mol. The zero-order valence-electron chi connectivity index (χ0n) is 11.0. The highest BCUT2D eigenvalue weighted by Crippen LogP contribution is 2.27. The summed E-state index contributed by atoms with van der Waals surface area (Å²) in [6.45, 7) is 2.76. The van der Waals surface area contributed by atoms with Gasteiger partial charge in [0, 0.05) is 17.9 Å². The molecule has 1 aliphatic rings. The Morgan fingerprint density at radius 3 is 3.00 bits per heavy atom. The summed E-state index contributed by atoms with van der Waals surface area (Å²) < 4.78 is 27.3. The van der Waals surface area contributed by atoms with Crippen molar-refractivity contribution in [1.29, 1.82) is 0 Å². The van der Waals surface area contributed by atoms with E-state index in [1.165, 1.54) is 17.5 Å². The fourth-order valence-corrected chi connectivity index (χ4v) is 4.37. The average Bonchev–Trinajstić information content (AvgIpc) is 2.86. The molecule has 3 rings (SSSR count). The van der Waals surface area contributed by atoms with Crippen LogP contribution in [0.1, 0.15) is 17.0 Å². The topological polar surface area (TPSA) is 71.1 Å². The molecule has 5 nitrogen and oxygen atoms in total. The summed E-state index contributed by atoms with van der Waals surface area (Å²) >= 11 is 1.17. The molecule has 1 aliphatic heterocycles. The lowest BCUT2D eigenvalue weighted by Gasteiger charge is -2.18. The minimum Gasteiger partial charge on any atom is -0.385 e. The first-order valence-corrected chi connectivity index (χ1v) is 8.67. The highest BCUT2D eigenvalue weighted by molar-refractivity contribution is 7.94. The van der Waals surface area contributed by atoms with Gasteiger partial charge in [0.05, 0.1) is 11.2 Å². The number of benzene rings is 1. The van der Waals surface area contributed by atoms with E-state index in [0.717, 1.165) is 35.6 Å². The Hall–Kier alpha value is -1.60. The minimum atomic E-state index is -3.53. The SMILES string of the molecule is Cc1ncc(S(=O)(=O)Nc2ccc3c(c2)CCCN3)s1. The van der Waals surface area contributed by atoms with Gasteiger partial charge < -0.3 is 5.32 Å². The number of aromatic nitrogens is 1. The number of sulfonamides is 1. The molecule has 2 aromatic rings. The third-order valence-corrected chi connectivity index (χ3v) is 5.92. The molecule has 0 bridgehead atoms. The first kappa shape index (κ1) is 13.4. The van der Waals surface area contributed by atoms with Gasteiger partial charge in [-0.15, -0.1) is 11.3 Å². The van der Waals surface area contributed by atoms with Crippen LogP contribution in [0.4, 0.5) is 11.4 Å². The fraction of sp³-hybridized carbons (Fsp3) is 0.308. The van der Waals surface area contributed by atoms with Crippen molar-refractivity contribution in [2.24, 2.45) is 0 Å². The second-order valence-corrected chi connectivity index (χ2v) is 7.85. The number of thiazole rings is 1. The second-order valence-electron chi connectivity index (χ2n) is 4.71. The van der Waals surface area contributed by atoms with Crippen molar-refractivity contribution in [2.75, 3.05) is 16.6 Å². The lowest BCUT2D eigenvalue weighted by molar-refractivity contribution is 0.603. The van der Waals surface area contributed by atoms with Gasteiger partial charge >= 0.3 is 0 Å². The monoisotopic (exact) mass is 309 g/mol. The Kier molecular flexibility index (Phi) is 3.39. The van der Waals surface area contributed by atoms with Crippen LogP contribution < -0.4 is 10.0 Å². The van der Waals surface area contributed by atoms with Crippen molar-refractivity contribution in [3.8, 4) is 0 Å². The summed E-state index contributed by atoms with van der Waals surface area (Å²) in [6.07, 6.45) is 3.43. The van der Waals surface area contributed by atoms with Crippen LogP contribution in [0.5, 0.6) is 0 Å². The van der Waals surface area contributed by atoms with Crippen LogP contribution in [0.3, 0.4) is 0 Å². The molecule has 106 valence electrons. The normalized spacial score (nSPS) is 14.4. The van der Waals surface area contributed by atoms with Gasteiger partial charge in [-0.05, 0) is 43.5 Å². The van der Waals surface area contributed by atoms with Crippen molar-refractivity contribution in [1.82, 2.24) is 4.98 Å². The Balaban J connectivity index is 1.87. The Bertz CT molecular complexity index is 738. The molecule has 0 atom stereocenters. The second kappa shape index (κ2) is 5.06. The van der Waals surface area contributed by atoms with Gasteiger partial charge in [-0.3, -0.25) is 4.72 Å². The molecule has 0 saturated heterocycles. The lowest BCUT2D eigenvalue weighted by atomic mass is 10.0. The smallest absolute Gasteiger partial charge is 0.273 e. The first-order chi connectivity index (χ1) is 9.54. The predicted molar refractivity (Wildman–Crippen MR) is 80.9 cm³/mol. The van der Waals surface area contributed by atoms with E-state index in [1.807, 2.05) is 12.1 Å². The third kappa shape index (κ3) is 2.64. The Morgan fingerprint density at radius 2 is 2.25 bits per heavy atom. The van der Waals surface area contributed by atoms with E-state index in [2.05, 4.69) is 15.0 Å². The van der Waals surface area contributed by atoms with Gasteiger partial charge in [-0.1, -0.05) is 0 Å². The van der Waals surface area contributed by atoms with E-state index in [-0.39, 0.29) is 4.21 Å². The highest BCUT2D eigenvalue weighted by atomic mass is 32.2. The van der Waals surface area contributed by atoms with Gasteiger partial charge in [-0.2, -0.15) is 0 Å². The van der Waals surface area contributed by atoms with Crippen LogP contribution >= 0.6 is 11.3 Å². The van der Waals surface area contributed by atoms with Gasteiger partial charge in [0.1, 0.15) is 0 Å². The van der Waals surface area contributed by atoms with E-state index in [4.69, 9.17) is 0 Å². The molecular formula is C13H15N3O2S2. The number of hydrogen-bond acceptors (Lipinski definition) is 5. The summed E-state index contributed by atoms with van der Waals surface area (Å²) in [5.41, 5.74) is 2.84. The first-order valence-electron chi connectivity index (χ1n) is 6.37. The summed E-state index contributed by atoms with van der Waals surface area (Å²) in [5, 5.41) is 4.04. The molecule has 2 heterocycles. The highest BCUT2D eigenvalue weighted by Gasteiger charge is 2.18. The zero-order chi connectivity index (χ0) is 14.2. The molecule has 2 N–H and O–H groups in total. The lowest BCUT2D eigenvalue weighted by Crippen LogP contribution is -2.14. The van der Waals surface area contributed by atoms with Crippen LogP contribution in [0.2, 0.25) is 0 Å². The molecule has 0 unspecified atom stereocenters. The maximum absolute atomic E-state index is 12.2. The van der Waals surface area contributed by atoms with Gasteiger partial charge in [-0.25, -0.2) is 13.4 Å². The van der Waals surface area contributed by atoms with Crippen molar-refractivity contribution >= 4 is 32.7 Å². The Labute approximate surface area is 122 Å². The van der Waals surface area contributed by atoms with Crippen molar-refractivity contribution in [3.05, 3.63) is 35.0 Å². The predicted octanol–water partition coefficient (Wildman–Crippen LogP) is 2.61. The molecular weight excluding hydrogens is 294 g/mol. The van der Waals surface area contributed by atoms with E-state index in [0.29, 0.717) is 5.69 Å². The van der Waals surface area contributed by atoms with E-state index < -0.39 is 10.0 Å². The van der Waals surface area contributed by atoms with E-state index in [1.54, 1.807) is 13.0 Å². The number of hydrogen-bond donors (Lipinski definition) is 2. The Morgan fingerprint density at radius 1 is 1.40 bits per heavy atom. The number of nitrogens with zero attached hydrogens (tertiary/aromatic N) is 1. The summed E-state index contributed by atoms with van der Waals surface area (Å²) in [7, 11) is -3.53. The quantitative estimate of drug-likeness (QED) is 0.914. The molecule has 0 radical (unpaired) electrons. The van der Waals surface area contributed by atoms with Gasteiger partial charge in [0.15, 0.2) is 4.21 Å². The number of anilines is 2. The molecule has 0 saturated carbocycles. The van der Waals surface area contributed by atoms with Gasteiger partial charge in [0.2, 0.25) is 0 Å². The van der Waals surface area contributed by atoms with E-state index in [9.17, 15) is 8.42 Å². The molecule has 1 aromatic heterocycles. The molecule has 0 aliphatic carbocycles.